The number of carbonyl (C=O) groups excluding carboxylic acids is 2. The van der Waals surface area contributed by atoms with Crippen LogP contribution in [0.15, 0.2) is 53.4 Å². The average molecular weight is 370 g/mol. The van der Waals surface area contributed by atoms with Crippen molar-refractivity contribution in [2.24, 2.45) is 0 Å². The van der Waals surface area contributed by atoms with Crippen molar-refractivity contribution in [2.45, 2.75) is 36.0 Å². The first-order valence-corrected chi connectivity index (χ1v) is 9.48. The molecule has 2 amide bonds. The summed E-state index contributed by atoms with van der Waals surface area (Å²) in [7, 11) is 1.62. The van der Waals surface area contributed by atoms with E-state index < -0.39 is 5.25 Å². The first-order chi connectivity index (χ1) is 12.6. The standard InChI is InChI=1S/C20H22N2O3S/c1-3-15(13-8-10-14(25-2)11-9-13)21-19(23)12-18-20(24)22-16-6-4-5-7-17(16)26-18/h4-11,15,18H,3,12H2,1-2H3,(H,21,23)(H,22,24). The number of fused-ring (bicyclic) bond motifs is 1. The number of anilines is 1. The number of thioether (sulfide) groups is 1. The Morgan fingerprint density at radius 2 is 1.96 bits per heavy atom. The highest BCUT2D eigenvalue weighted by molar-refractivity contribution is 8.01. The molecule has 1 aliphatic heterocycles. The molecule has 5 nitrogen and oxygen atoms in total. The van der Waals surface area contributed by atoms with Gasteiger partial charge in [0.25, 0.3) is 0 Å². The van der Waals surface area contributed by atoms with E-state index in [9.17, 15) is 9.59 Å². The predicted octanol–water partition coefficient (Wildman–Crippen LogP) is 3.77. The molecule has 2 unspecified atom stereocenters. The van der Waals surface area contributed by atoms with Gasteiger partial charge >= 0.3 is 0 Å². The highest BCUT2D eigenvalue weighted by Crippen LogP contribution is 2.36. The lowest BCUT2D eigenvalue weighted by Gasteiger charge is -2.24. The van der Waals surface area contributed by atoms with Crippen LogP contribution in [0.3, 0.4) is 0 Å². The van der Waals surface area contributed by atoms with Crippen LogP contribution in [-0.2, 0) is 9.59 Å². The Kier molecular flexibility index (Phi) is 5.83. The van der Waals surface area contributed by atoms with Crippen molar-refractivity contribution in [3.8, 4) is 5.75 Å². The number of para-hydroxylation sites is 1. The second-order valence-corrected chi connectivity index (χ2v) is 7.34. The van der Waals surface area contributed by atoms with E-state index in [1.165, 1.54) is 11.8 Å². The van der Waals surface area contributed by atoms with Crippen LogP contribution in [-0.4, -0.2) is 24.2 Å². The van der Waals surface area contributed by atoms with Crippen LogP contribution in [0.25, 0.3) is 0 Å². The van der Waals surface area contributed by atoms with Gasteiger partial charge in [-0.3, -0.25) is 9.59 Å². The molecule has 0 spiro atoms. The molecule has 26 heavy (non-hydrogen) atoms. The number of ether oxygens (including phenoxy) is 1. The number of hydrogen-bond donors (Lipinski definition) is 2. The fourth-order valence-corrected chi connectivity index (χ4v) is 4.02. The molecule has 0 aliphatic carbocycles. The molecular formula is C20H22N2O3S. The molecule has 0 fully saturated rings. The summed E-state index contributed by atoms with van der Waals surface area (Å²) in [4.78, 5) is 25.8. The fraction of sp³-hybridized carbons (Fsp3) is 0.300. The minimum Gasteiger partial charge on any atom is -0.497 e. The van der Waals surface area contributed by atoms with E-state index in [4.69, 9.17) is 4.74 Å². The van der Waals surface area contributed by atoms with E-state index in [0.717, 1.165) is 28.3 Å². The first-order valence-electron chi connectivity index (χ1n) is 8.60. The Hall–Kier alpha value is -2.47. The molecule has 2 N–H and O–H groups in total. The zero-order chi connectivity index (χ0) is 18.5. The second kappa shape index (κ2) is 8.27. The van der Waals surface area contributed by atoms with Gasteiger partial charge in [0.2, 0.25) is 11.8 Å². The van der Waals surface area contributed by atoms with Crippen molar-refractivity contribution in [1.29, 1.82) is 0 Å². The van der Waals surface area contributed by atoms with Gasteiger partial charge in [-0.15, -0.1) is 11.8 Å². The molecule has 2 aromatic rings. The normalized spacial score (nSPS) is 17.0. The zero-order valence-corrected chi connectivity index (χ0v) is 15.6. The lowest BCUT2D eigenvalue weighted by Crippen LogP contribution is -2.36. The molecule has 0 saturated heterocycles. The van der Waals surface area contributed by atoms with E-state index in [1.54, 1.807) is 7.11 Å². The van der Waals surface area contributed by atoms with Gasteiger partial charge in [0.1, 0.15) is 5.75 Å². The highest BCUT2D eigenvalue weighted by Gasteiger charge is 2.29. The Morgan fingerprint density at radius 1 is 1.23 bits per heavy atom. The molecule has 0 aromatic heterocycles. The SMILES string of the molecule is CCC(NC(=O)CC1Sc2ccccc2NC1=O)c1ccc(OC)cc1. The number of rotatable bonds is 6. The van der Waals surface area contributed by atoms with Gasteiger partial charge in [0, 0.05) is 11.3 Å². The molecule has 6 heteroatoms. The maximum Gasteiger partial charge on any atom is 0.238 e. The quantitative estimate of drug-likeness (QED) is 0.812. The monoisotopic (exact) mass is 370 g/mol. The summed E-state index contributed by atoms with van der Waals surface area (Å²) in [5, 5.41) is 5.49. The van der Waals surface area contributed by atoms with Gasteiger partial charge in [-0.2, -0.15) is 0 Å². The third kappa shape index (κ3) is 4.19. The van der Waals surface area contributed by atoms with Gasteiger partial charge in [0.05, 0.1) is 24.1 Å². The molecule has 1 aliphatic rings. The second-order valence-electron chi connectivity index (χ2n) is 6.10. The molecule has 0 bridgehead atoms. The van der Waals surface area contributed by atoms with Gasteiger partial charge in [-0.1, -0.05) is 31.2 Å². The van der Waals surface area contributed by atoms with Crippen molar-refractivity contribution >= 4 is 29.3 Å². The van der Waals surface area contributed by atoms with E-state index in [1.807, 2.05) is 55.5 Å². The third-order valence-corrected chi connectivity index (χ3v) is 5.61. The Labute approximate surface area is 157 Å². The van der Waals surface area contributed by atoms with E-state index in [2.05, 4.69) is 10.6 Å². The van der Waals surface area contributed by atoms with Gasteiger partial charge in [0.15, 0.2) is 0 Å². The summed E-state index contributed by atoms with van der Waals surface area (Å²) in [6.07, 6.45) is 0.919. The van der Waals surface area contributed by atoms with Crippen molar-refractivity contribution in [3.05, 3.63) is 54.1 Å². The number of nitrogens with one attached hydrogen (secondary N) is 2. The van der Waals surface area contributed by atoms with Crippen LogP contribution >= 0.6 is 11.8 Å². The van der Waals surface area contributed by atoms with Crippen molar-refractivity contribution < 1.29 is 14.3 Å². The number of benzene rings is 2. The molecule has 0 saturated carbocycles. The number of hydrogen-bond acceptors (Lipinski definition) is 4. The largest absolute Gasteiger partial charge is 0.497 e. The van der Waals surface area contributed by atoms with Crippen molar-refractivity contribution in [3.63, 3.8) is 0 Å². The molecule has 136 valence electrons. The van der Waals surface area contributed by atoms with Crippen molar-refractivity contribution in [2.75, 3.05) is 12.4 Å². The predicted molar refractivity (Wildman–Crippen MR) is 104 cm³/mol. The summed E-state index contributed by atoms with van der Waals surface area (Å²) >= 11 is 1.44. The number of amides is 2. The first kappa shape index (κ1) is 18.3. The zero-order valence-electron chi connectivity index (χ0n) is 14.8. The molecule has 2 atom stereocenters. The summed E-state index contributed by atoms with van der Waals surface area (Å²) < 4.78 is 5.17. The van der Waals surface area contributed by atoms with E-state index >= 15 is 0 Å². The van der Waals surface area contributed by atoms with Gasteiger partial charge in [-0.25, -0.2) is 0 Å². The Balaban J connectivity index is 1.63. The lowest BCUT2D eigenvalue weighted by molar-refractivity contribution is -0.124. The Morgan fingerprint density at radius 3 is 2.65 bits per heavy atom. The Bertz CT molecular complexity index is 792. The minimum atomic E-state index is -0.418. The smallest absolute Gasteiger partial charge is 0.238 e. The van der Waals surface area contributed by atoms with Crippen LogP contribution in [0.4, 0.5) is 5.69 Å². The van der Waals surface area contributed by atoms with Crippen LogP contribution in [0.5, 0.6) is 5.75 Å². The van der Waals surface area contributed by atoms with Gasteiger partial charge < -0.3 is 15.4 Å². The molecular weight excluding hydrogens is 348 g/mol. The molecule has 3 rings (SSSR count). The maximum atomic E-state index is 12.5. The van der Waals surface area contributed by atoms with Crippen LogP contribution < -0.4 is 15.4 Å². The molecule has 0 radical (unpaired) electrons. The number of carbonyl (C=O) groups is 2. The van der Waals surface area contributed by atoms with Crippen LogP contribution in [0.2, 0.25) is 0 Å². The fourth-order valence-electron chi connectivity index (χ4n) is 2.91. The molecule has 1 heterocycles. The van der Waals surface area contributed by atoms with Crippen LogP contribution in [0.1, 0.15) is 31.4 Å². The van der Waals surface area contributed by atoms with E-state index in [0.29, 0.717) is 0 Å². The maximum absolute atomic E-state index is 12.5. The summed E-state index contributed by atoms with van der Waals surface area (Å²) in [6, 6.07) is 15.2. The van der Waals surface area contributed by atoms with E-state index in [-0.39, 0.29) is 24.3 Å². The topological polar surface area (TPSA) is 67.4 Å². The summed E-state index contributed by atoms with van der Waals surface area (Å²) in [6.45, 7) is 2.02. The minimum absolute atomic E-state index is 0.0858. The van der Waals surface area contributed by atoms with Gasteiger partial charge in [-0.05, 0) is 36.2 Å². The average Bonchev–Trinajstić information content (AvgIpc) is 2.67. The van der Waals surface area contributed by atoms with Crippen LogP contribution in [0, 0.1) is 0 Å². The highest BCUT2D eigenvalue weighted by atomic mass is 32.2. The summed E-state index contributed by atoms with van der Waals surface area (Å²) in [5.74, 6) is 0.532. The third-order valence-electron chi connectivity index (χ3n) is 4.34. The molecule has 2 aromatic carbocycles. The lowest BCUT2D eigenvalue weighted by atomic mass is 10.0. The number of methoxy groups -OCH3 is 1. The van der Waals surface area contributed by atoms with Crippen molar-refractivity contribution in [1.82, 2.24) is 5.32 Å². The summed E-state index contributed by atoms with van der Waals surface area (Å²) in [5.41, 5.74) is 1.83.